The first-order valence-electron chi connectivity index (χ1n) is 7.77. The first-order chi connectivity index (χ1) is 11.1. The maximum absolute atomic E-state index is 12.8. The Hall–Kier alpha value is -1.60. The molecule has 1 atom stereocenters. The van der Waals surface area contributed by atoms with E-state index in [1.165, 1.54) is 24.3 Å². The van der Waals surface area contributed by atoms with Gasteiger partial charge in [-0.25, -0.2) is 4.39 Å². The Morgan fingerprint density at radius 3 is 2.65 bits per heavy atom. The number of nitrogens with one attached hydrogen (secondary N) is 3. The number of amides is 2. The molecule has 0 saturated carbocycles. The monoisotopic (exact) mass is 339 g/mol. The van der Waals surface area contributed by atoms with Crippen molar-refractivity contribution in [2.24, 2.45) is 0 Å². The minimum Gasteiger partial charge on any atom is -0.356 e. The molecule has 1 heterocycles. The van der Waals surface area contributed by atoms with Crippen molar-refractivity contribution in [3.63, 3.8) is 0 Å². The van der Waals surface area contributed by atoms with Crippen molar-refractivity contribution in [1.82, 2.24) is 16.0 Å². The van der Waals surface area contributed by atoms with Crippen LogP contribution in [-0.4, -0.2) is 49.0 Å². The highest BCUT2D eigenvalue weighted by Gasteiger charge is 2.16. The van der Waals surface area contributed by atoms with Gasteiger partial charge >= 0.3 is 0 Å². The van der Waals surface area contributed by atoms with Crippen molar-refractivity contribution in [2.45, 2.75) is 18.9 Å². The van der Waals surface area contributed by atoms with Crippen LogP contribution < -0.4 is 16.0 Å². The Kier molecular flexibility index (Phi) is 7.35. The maximum Gasteiger partial charge on any atom is 0.251 e. The van der Waals surface area contributed by atoms with Crippen LogP contribution in [-0.2, 0) is 4.79 Å². The van der Waals surface area contributed by atoms with Gasteiger partial charge in [-0.05, 0) is 30.7 Å². The molecule has 1 aromatic rings. The fraction of sp³-hybridized carbons (Fsp3) is 0.500. The van der Waals surface area contributed by atoms with Crippen LogP contribution >= 0.6 is 11.8 Å². The highest BCUT2D eigenvalue weighted by molar-refractivity contribution is 7.99. The largest absolute Gasteiger partial charge is 0.356 e. The Morgan fingerprint density at radius 2 is 1.96 bits per heavy atom. The molecule has 126 valence electrons. The van der Waals surface area contributed by atoms with Crippen molar-refractivity contribution in [2.75, 3.05) is 31.1 Å². The molecule has 3 N–H and O–H groups in total. The Morgan fingerprint density at radius 1 is 1.22 bits per heavy atom. The predicted molar refractivity (Wildman–Crippen MR) is 90.1 cm³/mol. The highest BCUT2D eigenvalue weighted by Crippen LogP contribution is 2.09. The van der Waals surface area contributed by atoms with Gasteiger partial charge in [-0.3, -0.25) is 9.59 Å². The van der Waals surface area contributed by atoms with E-state index in [1.54, 1.807) is 0 Å². The standard InChI is InChI=1S/C16H22FN3O2S/c17-13-4-2-12(3-5-13)16(22)20-7-1-6-19-15(21)10-14-11-23-9-8-18-14/h2-5,14,18H,1,6-11H2,(H,19,21)(H,20,22). The van der Waals surface area contributed by atoms with Crippen LogP contribution in [0.3, 0.4) is 0 Å². The molecule has 2 rings (SSSR count). The lowest BCUT2D eigenvalue weighted by Gasteiger charge is -2.22. The van der Waals surface area contributed by atoms with Crippen LogP contribution in [0, 0.1) is 5.82 Å². The van der Waals surface area contributed by atoms with Crippen molar-refractivity contribution < 1.29 is 14.0 Å². The van der Waals surface area contributed by atoms with Crippen LogP contribution in [0.2, 0.25) is 0 Å². The zero-order chi connectivity index (χ0) is 16.5. The van der Waals surface area contributed by atoms with Crippen LogP contribution in [0.5, 0.6) is 0 Å². The van der Waals surface area contributed by atoms with E-state index < -0.39 is 0 Å². The molecule has 23 heavy (non-hydrogen) atoms. The third-order valence-electron chi connectivity index (χ3n) is 3.50. The third-order valence-corrected chi connectivity index (χ3v) is 4.63. The first-order valence-corrected chi connectivity index (χ1v) is 8.92. The van der Waals surface area contributed by atoms with Crippen molar-refractivity contribution in [1.29, 1.82) is 0 Å². The van der Waals surface area contributed by atoms with E-state index in [-0.39, 0.29) is 23.7 Å². The zero-order valence-corrected chi connectivity index (χ0v) is 13.8. The van der Waals surface area contributed by atoms with Crippen molar-refractivity contribution in [3.8, 4) is 0 Å². The number of hydrogen-bond acceptors (Lipinski definition) is 4. The van der Waals surface area contributed by atoms with Gasteiger partial charge < -0.3 is 16.0 Å². The van der Waals surface area contributed by atoms with Crippen molar-refractivity contribution in [3.05, 3.63) is 35.6 Å². The van der Waals surface area contributed by atoms with E-state index in [1.807, 2.05) is 11.8 Å². The van der Waals surface area contributed by atoms with Gasteiger partial charge in [-0.2, -0.15) is 11.8 Å². The van der Waals surface area contributed by atoms with Gasteiger partial charge in [0.05, 0.1) is 0 Å². The lowest BCUT2D eigenvalue weighted by molar-refractivity contribution is -0.121. The molecule has 0 spiro atoms. The van der Waals surface area contributed by atoms with Gasteiger partial charge in [0, 0.05) is 49.2 Å². The normalized spacial score (nSPS) is 17.5. The van der Waals surface area contributed by atoms with Gasteiger partial charge in [-0.15, -0.1) is 0 Å². The molecular weight excluding hydrogens is 317 g/mol. The summed E-state index contributed by atoms with van der Waals surface area (Å²) in [5.41, 5.74) is 0.427. The summed E-state index contributed by atoms with van der Waals surface area (Å²) in [7, 11) is 0. The molecule has 1 saturated heterocycles. The van der Waals surface area contributed by atoms with Gasteiger partial charge in [0.2, 0.25) is 5.91 Å². The molecule has 0 bridgehead atoms. The summed E-state index contributed by atoms with van der Waals surface area (Å²) in [6, 6.07) is 5.66. The molecule has 5 nitrogen and oxygen atoms in total. The minimum atomic E-state index is -0.366. The molecule has 0 aromatic heterocycles. The summed E-state index contributed by atoms with van der Waals surface area (Å²) in [6.07, 6.45) is 1.15. The SMILES string of the molecule is O=C(CC1CSCCN1)NCCCNC(=O)c1ccc(F)cc1. The highest BCUT2D eigenvalue weighted by atomic mass is 32.2. The van der Waals surface area contributed by atoms with Gasteiger partial charge in [0.25, 0.3) is 5.91 Å². The Labute approximate surface area is 139 Å². The second-order valence-corrected chi connectivity index (χ2v) is 6.55. The van der Waals surface area contributed by atoms with E-state index in [4.69, 9.17) is 0 Å². The van der Waals surface area contributed by atoms with Crippen LogP contribution in [0.1, 0.15) is 23.2 Å². The number of carbonyl (C=O) groups is 2. The smallest absolute Gasteiger partial charge is 0.251 e. The van der Waals surface area contributed by atoms with Crippen LogP contribution in [0.4, 0.5) is 4.39 Å². The molecular formula is C16H22FN3O2S. The van der Waals surface area contributed by atoms with E-state index >= 15 is 0 Å². The molecule has 1 aromatic carbocycles. The lowest BCUT2D eigenvalue weighted by atomic mass is 10.2. The van der Waals surface area contributed by atoms with Gasteiger partial charge in [0.15, 0.2) is 0 Å². The minimum absolute atomic E-state index is 0.0369. The summed E-state index contributed by atoms with van der Waals surface area (Å²) < 4.78 is 12.8. The first kappa shape index (κ1) is 17.7. The topological polar surface area (TPSA) is 70.2 Å². The quantitative estimate of drug-likeness (QED) is 0.652. The summed E-state index contributed by atoms with van der Waals surface area (Å²) in [6.45, 7) is 1.95. The van der Waals surface area contributed by atoms with Crippen LogP contribution in [0.25, 0.3) is 0 Å². The number of halogens is 1. The maximum atomic E-state index is 12.8. The summed E-state index contributed by atoms with van der Waals surface area (Å²) in [5.74, 6) is 1.51. The number of thioether (sulfide) groups is 1. The molecule has 1 unspecified atom stereocenters. The van der Waals surface area contributed by atoms with E-state index in [2.05, 4.69) is 16.0 Å². The third kappa shape index (κ3) is 6.58. The zero-order valence-electron chi connectivity index (χ0n) is 12.9. The van der Waals surface area contributed by atoms with E-state index in [9.17, 15) is 14.0 Å². The average Bonchev–Trinajstić information content (AvgIpc) is 2.56. The van der Waals surface area contributed by atoms with Crippen molar-refractivity contribution >= 4 is 23.6 Å². The Balaban J connectivity index is 1.55. The number of rotatable bonds is 7. The second-order valence-electron chi connectivity index (χ2n) is 5.40. The fourth-order valence-corrected chi connectivity index (χ4v) is 3.22. The summed E-state index contributed by atoms with van der Waals surface area (Å²) in [5, 5.41) is 8.93. The van der Waals surface area contributed by atoms with E-state index in [0.29, 0.717) is 31.5 Å². The average molecular weight is 339 g/mol. The predicted octanol–water partition coefficient (Wildman–Crippen LogP) is 1.16. The Bertz CT molecular complexity index is 519. The van der Waals surface area contributed by atoms with Crippen LogP contribution in [0.15, 0.2) is 24.3 Å². The number of hydrogen-bond donors (Lipinski definition) is 3. The molecule has 7 heteroatoms. The van der Waals surface area contributed by atoms with E-state index in [0.717, 1.165) is 18.1 Å². The molecule has 1 fully saturated rings. The fourth-order valence-electron chi connectivity index (χ4n) is 2.27. The number of benzene rings is 1. The van der Waals surface area contributed by atoms with Gasteiger partial charge in [0.1, 0.15) is 5.82 Å². The summed E-state index contributed by atoms with van der Waals surface area (Å²) in [4.78, 5) is 23.6. The molecule has 0 radical (unpaired) electrons. The lowest BCUT2D eigenvalue weighted by Crippen LogP contribution is -2.41. The second kappa shape index (κ2) is 9.52. The van der Waals surface area contributed by atoms with Gasteiger partial charge in [-0.1, -0.05) is 0 Å². The molecule has 1 aliphatic rings. The molecule has 1 aliphatic heterocycles. The molecule has 0 aliphatic carbocycles. The molecule has 2 amide bonds. The number of carbonyl (C=O) groups excluding carboxylic acids is 2. The summed E-state index contributed by atoms with van der Waals surface area (Å²) >= 11 is 1.87.